The van der Waals surface area contributed by atoms with Crippen LogP contribution in [0.1, 0.15) is 36.4 Å². The van der Waals surface area contributed by atoms with Crippen molar-refractivity contribution in [2.24, 2.45) is 5.73 Å². The Bertz CT molecular complexity index is 1330. The summed E-state index contributed by atoms with van der Waals surface area (Å²) in [4.78, 5) is 32.9. The van der Waals surface area contributed by atoms with E-state index >= 15 is 0 Å². The van der Waals surface area contributed by atoms with Crippen LogP contribution in [0.2, 0.25) is 0 Å². The highest BCUT2D eigenvalue weighted by Crippen LogP contribution is 2.51. The van der Waals surface area contributed by atoms with Crippen molar-refractivity contribution >= 4 is 35.1 Å². The molecule has 4 atom stereocenters. The molecule has 1 fully saturated rings. The number of thioether (sulfide) groups is 1. The Morgan fingerprint density at radius 3 is 2.72 bits per heavy atom. The molecule has 9 heteroatoms. The molecule has 1 saturated carbocycles. The molecule has 4 N–H and O–H groups in total. The van der Waals surface area contributed by atoms with Crippen LogP contribution in [0.15, 0.2) is 65.8 Å². The Labute approximate surface area is 213 Å². The summed E-state index contributed by atoms with van der Waals surface area (Å²) in [5.41, 5.74) is 9.42. The molecule has 3 aromatic rings. The number of carbonyl (C=O) groups excluding carboxylic acids is 2. The molecule has 0 radical (unpaired) electrons. The van der Waals surface area contributed by atoms with Crippen LogP contribution >= 0.6 is 11.8 Å². The molecule has 1 aromatic heterocycles. The molecule has 2 aromatic carbocycles. The van der Waals surface area contributed by atoms with Gasteiger partial charge in [-0.3, -0.25) is 9.69 Å². The van der Waals surface area contributed by atoms with Gasteiger partial charge in [0.15, 0.2) is 0 Å². The number of hydrogen-bond donors (Lipinski definition) is 3. The average molecular weight is 502 g/mol. The van der Waals surface area contributed by atoms with Crippen LogP contribution in [0, 0.1) is 6.92 Å². The normalized spacial score (nSPS) is 24.3. The number of nitrogens with two attached hydrogens (primary N) is 1. The van der Waals surface area contributed by atoms with E-state index in [9.17, 15) is 9.59 Å². The van der Waals surface area contributed by atoms with Crippen LogP contribution < -0.4 is 26.0 Å². The predicted molar refractivity (Wildman–Crippen MR) is 139 cm³/mol. The van der Waals surface area contributed by atoms with Crippen LogP contribution in [0.3, 0.4) is 0 Å². The van der Waals surface area contributed by atoms with Crippen LogP contribution in [0.4, 0.5) is 16.2 Å². The van der Waals surface area contributed by atoms with Crippen molar-refractivity contribution in [2.45, 2.75) is 54.6 Å². The summed E-state index contributed by atoms with van der Waals surface area (Å²) in [6.07, 6.45) is 4.51. The number of amides is 3. The van der Waals surface area contributed by atoms with E-state index in [0.29, 0.717) is 5.75 Å². The second kappa shape index (κ2) is 9.15. The van der Waals surface area contributed by atoms with Gasteiger partial charge in [0.2, 0.25) is 5.91 Å². The molecule has 6 rings (SSSR count). The summed E-state index contributed by atoms with van der Waals surface area (Å²) in [6.45, 7) is 1.95. The van der Waals surface area contributed by atoms with E-state index in [4.69, 9.17) is 10.5 Å². The number of carbonyl (C=O) groups is 2. The van der Waals surface area contributed by atoms with E-state index in [1.807, 2.05) is 61.5 Å². The van der Waals surface area contributed by atoms with E-state index in [1.54, 1.807) is 11.1 Å². The van der Waals surface area contributed by atoms with Gasteiger partial charge in [-0.1, -0.05) is 30.0 Å². The minimum Gasteiger partial charge on any atom is -0.457 e. The van der Waals surface area contributed by atoms with Crippen molar-refractivity contribution in [2.75, 3.05) is 4.90 Å². The number of aromatic nitrogens is 1. The number of hydrogen-bond acceptors (Lipinski definition) is 6. The largest absolute Gasteiger partial charge is 0.457 e. The van der Waals surface area contributed by atoms with Crippen molar-refractivity contribution in [3.8, 4) is 11.5 Å². The first-order chi connectivity index (χ1) is 17.5. The fraction of sp³-hybridized carbons (Fsp3) is 0.296. The zero-order valence-electron chi connectivity index (χ0n) is 19.8. The van der Waals surface area contributed by atoms with Crippen LogP contribution in [-0.2, 0) is 4.79 Å². The molecular formula is C27H27N5O3S. The number of benzene rings is 2. The Morgan fingerprint density at radius 2 is 1.97 bits per heavy atom. The molecule has 1 aliphatic carbocycles. The maximum Gasteiger partial charge on any atom is 0.327 e. The Kier molecular flexibility index (Phi) is 5.81. The van der Waals surface area contributed by atoms with E-state index in [0.717, 1.165) is 52.5 Å². The maximum absolute atomic E-state index is 13.4. The van der Waals surface area contributed by atoms with Gasteiger partial charge in [0.25, 0.3) is 0 Å². The average Bonchev–Trinajstić information content (AvgIpc) is 3.45. The summed E-state index contributed by atoms with van der Waals surface area (Å²) >= 11 is 1.40. The van der Waals surface area contributed by atoms with Crippen molar-refractivity contribution in [3.63, 3.8) is 0 Å². The molecule has 3 heterocycles. The summed E-state index contributed by atoms with van der Waals surface area (Å²) in [6, 6.07) is 16.3. The lowest BCUT2D eigenvalue weighted by atomic mass is 9.99. The van der Waals surface area contributed by atoms with Crippen molar-refractivity contribution in [1.82, 2.24) is 15.6 Å². The van der Waals surface area contributed by atoms with E-state index in [2.05, 4.69) is 15.6 Å². The topological polar surface area (TPSA) is 110 Å². The van der Waals surface area contributed by atoms with Crippen molar-refractivity contribution < 1.29 is 14.3 Å². The number of ether oxygens (including phenoxy) is 1. The number of nitrogens with zero attached hydrogens (tertiary/aromatic N) is 2. The van der Waals surface area contributed by atoms with Gasteiger partial charge >= 0.3 is 6.03 Å². The van der Waals surface area contributed by atoms with Crippen LogP contribution in [-0.4, -0.2) is 34.3 Å². The highest BCUT2D eigenvalue weighted by molar-refractivity contribution is 8.01. The molecule has 0 saturated heterocycles. The minimum atomic E-state index is -0.490. The van der Waals surface area contributed by atoms with E-state index in [-0.39, 0.29) is 24.0 Å². The lowest BCUT2D eigenvalue weighted by molar-refractivity contribution is -0.121. The Hall–Kier alpha value is -3.56. The first-order valence-electron chi connectivity index (χ1n) is 12.2. The zero-order valence-corrected chi connectivity index (χ0v) is 20.6. The molecule has 8 nitrogen and oxygen atoms in total. The highest BCUT2D eigenvalue weighted by Gasteiger charge is 2.47. The number of pyridine rings is 1. The first-order valence-corrected chi connectivity index (χ1v) is 13.0. The third-order valence-corrected chi connectivity index (χ3v) is 8.34. The van der Waals surface area contributed by atoms with E-state index < -0.39 is 11.3 Å². The van der Waals surface area contributed by atoms with Gasteiger partial charge in [-0.15, -0.1) is 0 Å². The van der Waals surface area contributed by atoms with Gasteiger partial charge in [0.05, 0.1) is 17.4 Å². The van der Waals surface area contributed by atoms with Gasteiger partial charge < -0.3 is 21.1 Å². The van der Waals surface area contributed by atoms with Crippen molar-refractivity contribution in [1.29, 1.82) is 0 Å². The number of aryl methyl sites for hydroxylation is 1. The molecule has 3 aliphatic rings. The van der Waals surface area contributed by atoms with Gasteiger partial charge in [-0.2, -0.15) is 0 Å². The van der Waals surface area contributed by atoms with Crippen molar-refractivity contribution in [3.05, 3.63) is 71.9 Å². The summed E-state index contributed by atoms with van der Waals surface area (Å²) in [5.74, 6) is 1.33. The number of para-hydroxylation sites is 1. The predicted octanol–water partition coefficient (Wildman–Crippen LogP) is 4.56. The SMILES string of the molecule is Cc1cc(Oc2ccccc2)ccc1N1C(=O)NC2c3c1ccnc3SC2C(=O)N[C@@H]1CCC[C@H]1N. The van der Waals surface area contributed by atoms with Gasteiger partial charge in [0.1, 0.15) is 21.8 Å². The third kappa shape index (κ3) is 3.98. The second-order valence-electron chi connectivity index (χ2n) is 9.42. The smallest absolute Gasteiger partial charge is 0.327 e. The number of urea groups is 1. The number of nitrogens with one attached hydrogen (secondary N) is 2. The zero-order chi connectivity index (χ0) is 24.8. The quantitative estimate of drug-likeness (QED) is 0.473. The molecule has 0 bridgehead atoms. The molecule has 36 heavy (non-hydrogen) atoms. The molecule has 2 aliphatic heterocycles. The van der Waals surface area contributed by atoms with Gasteiger partial charge in [0, 0.05) is 23.8 Å². The van der Waals surface area contributed by atoms with Gasteiger partial charge in [-0.05, 0) is 68.1 Å². The van der Waals surface area contributed by atoms with E-state index in [1.165, 1.54) is 11.8 Å². The van der Waals surface area contributed by atoms with Crippen LogP contribution in [0.5, 0.6) is 11.5 Å². The lowest BCUT2D eigenvalue weighted by Crippen LogP contribution is -2.52. The number of anilines is 2. The fourth-order valence-electron chi connectivity index (χ4n) is 5.26. The molecule has 184 valence electrons. The number of rotatable bonds is 5. The maximum atomic E-state index is 13.4. The summed E-state index contributed by atoms with van der Waals surface area (Å²) < 4.78 is 5.96. The minimum absolute atomic E-state index is 0.0235. The molecule has 0 spiro atoms. The summed E-state index contributed by atoms with van der Waals surface area (Å²) in [5, 5.41) is 6.46. The van der Waals surface area contributed by atoms with Gasteiger partial charge in [-0.25, -0.2) is 9.78 Å². The second-order valence-corrected chi connectivity index (χ2v) is 10.6. The third-order valence-electron chi connectivity index (χ3n) is 7.05. The fourth-order valence-corrected chi connectivity index (χ4v) is 6.50. The Balaban J connectivity index is 1.28. The first kappa shape index (κ1) is 22.9. The monoisotopic (exact) mass is 501 g/mol. The standard InChI is InChI=1S/C27H27N5O3S/c1-15-14-17(35-16-6-3-2-4-7-16)10-11-20(15)32-21-12-13-29-26-22(21)23(31-27(32)34)24(36-26)25(33)30-19-9-5-8-18(19)28/h2-4,6-7,10-14,18-19,23-24H,5,8-9,28H2,1H3,(H,30,33)(H,31,34)/t18-,19-,23?,24?/m1/s1. The Morgan fingerprint density at radius 1 is 1.14 bits per heavy atom. The summed E-state index contributed by atoms with van der Waals surface area (Å²) in [7, 11) is 0. The molecule has 2 unspecified atom stereocenters. The molecule has 3 amide bonds. The lowest BCUT2D eigenvalue weighted by Gasteiger charge is -2.35. The highest BCUT2D eigenvalue weighted by atomic mass is 32.2. The van der Waals surface area contributed by atoms with Crippen LogP contribution in [0.25, 0.3) is 0 Å². The molecular weight excluding hydrogens is 474 g/mol.